The first-order valence-corrected chi connectivity index (χ1v) is 7.76. The van der Waals surface area contributed by atoms with Crippen molar-refractivity contribution in [1.82, 2.24) is 0 Å². The predicted octanol–water partition coefficient (Wildman–Crippen LogP) is 3.40. The molecule has 2 aromatic rings. The van der Waals surface area contributed by atoms with Crippen molar-refractivity contribution in [3.05, 3.63) is 48.0 Å². The second-order valence-electron chi connectivity index (χ2n) is 5.27. The number of esters is 1. The largest absolute Gasteiger partial charge is 0.573 e. The van der Waals surface area contributed by atoms with Gasteiger partial charge in [0.15, 0.2) is 18.1 Å². The third-order valence-corrected chi connectivity index (χ3v) is 3.32. The monoisotopic (exact) mass is 399 g/mol. The van der Waals surface area contributed by atoms with Crippen molar-refractivity contribution in [3.63, 3.8) is 0 Å². The van der Waals surface area contributed by atoms with Crippen LogP contribution >= 0.6 is 0 Å². The molecule has 28 heavy (non-hydrogen) atoms. The number of rotatable bonds is 7. The fourth-order valence-electron chi connectivity index (χ4n) is 2.11. The molecule has 0 atom stereocenters. The number of hydrogen-bond acceptors (Lipinski definition) is 6. The predicted molar refractivity (Wildman–Crippen MR) is 91.6 cm³/mol. The van der Waals surface area contributed by atoms with Gasteiger partial charge in [0.1, 0.15) is 5.75 Å². The Morgan fingerprint density at radius 2 is 1.68 bits per heavy atom. The second kappa shape index (κ2) is 8.98. The van der Waals surface area contributed by atoms with E-state index in [0.717, 1.165) is 12.1 Å². The lowest BCUT2D eigenvalue weighted by atomic mass is 10.2. The maximum absolute atomic E-state index is 12.1. The molecule has 1 amide bonds. The summed E-state index contributed by atoms with van der Waals surface area (Å²) in [5.41, 5.74) is 0.508. The number of alkyl halides is 3. The number of nitrogens with one attached hydrogen (secondary N) is 1. The van der Waals surface area contributed by atoms with Gasteiger partial charge in [-0.3, -0.25) is 4.79 Å². The number of carbonyl (C=O) groups excluding carboxylic acids is 2. The number of halogens is 3. The van der Waals surface area contributed by atoms with Gasteiger partial charge in [0, 0.05) is 5.69 Å². The first-order valence-electron chi connectivity index (χ1n) is 7.76. The third-order valence-electron chi connectivity index (χ3n) is 3.32. The van der Waals surface area contributed by atoms with E-state index in [1.807, 2.05) is 0 Å². The van der Waals surface area contributed by atoms with Crippen molar-refractivity contribution >= 4 is 17.6 Å². The second-order valence-corrected chi connectivity index (χ2v) is 5.27. The van der Waals surface area contributed by atoms with Crippen LogP contribution in [0.1, 0.15) is 10.4 Å². The summed E-state index contributed by atoms with van der Waals surface area (Å²) in [6.07, 6.45) is -4.79. The van der Waals surface area contributed by atoms with Crippen LogP contribution in [0.15, 0.2) is 42.5 Å². The van der Waals surface area contributed by atoms with Crippen LogP contribution in [0.2, 0.25) is 0 Å². The molecule has 2 rings (SSSR count). The summed E-state index contributed by atoms with van der Waals surface area (Å²) in [4.78, 5) is 23.5. The molecule has 10 heteroatoms. The van der Waals surface area contributed by atoms with Gasteiger partial charge in [-0.25, -0.2) is 4.79 Å². The molecule has 0 aliphatic rings. The highest BCUT2D eigenvalue weighted by Gasteiger charge is 2.30. The molecular weight excluding hydrogens is 383 g/mol. The van der Waals surface area contributed by atoms with E-state index >= 15 is 0 Å². The number of methoxy groups -OCH3 is 2. The van der Waals surface area contributed by atoms with E-state index in [9.17, 15) is 22.8 Å². The summed E-state index contributed by atoms with van der Waals surface area (Å²) in [5, 5.41) is 2.46. The zero-order valence-corrected chi connectivity index (χ0v) is 14.8. The maximum Gasteiger partial charge on any atom is 0.573 e. The third kappa shape index (κ3) is 6.08. The van der Waals surface area contributed by atoms with Crippen LogP contribution in [0, 0.1) is 0 Å². The Kier molecular flexibility index (Phi) is 6.69. The molecular formula is C18H16F3NO6. The number of ether oxygens (including phenoxy) is 4. The van der Waals surface area contributed by atoms with Crippen molar-refractivity contribution in [3.8, 4) is 17.2 Å². The highest BCUT2D eigenvalue weighted by Crippen LogP contribution is 2.28. The highest BCUT2D eigenvalue weighted by molar-refractivity contribution is 5.92. The molecule has 0 bridgehead atoms. The van der Waals surface area contributed by atoms with Crippen molar-refractivity contribution < 1.29 is 41.7 Å². The van der Waals surface area contributed by atoms with E-state index in [4.69, 9.17) is 9.47 Å². The average molecular weight is 399 g/mol. The summed E-state index contributed by atoms with van der Waals surface area (Å²) in [6.45, 7) is -0.394. The fourth-order valence-corrected chi connectivity index (χ4v) is 2.11. The number of anilines is 1. The Labute approximate surface area is 158 Å². The zero-order valence-electron chi connectivity index (χ0n) is 14.8. The Morgan fingerprint density at radius 1 is 1.00 bits per heavy atom. The van der Waals surface area contributed by atoms with Crippen LogP contribution < -0.4 is 19.5 Å². The Balaban J connectivity index is 1.94. The number of hydrogen-bond donors (Lipinski definition) is 1. The normalized spacial score (nSPS) is 10.8. The lowest BCUT2D eigenvalue weighted by molar-refractivity contribution is -0.274. The zero-order chi connectivity index (χ0) is 20.7. The van der Waals surface area contributed by atoms with Crippen LogP contribution in [-0.4, -0.2) is 39.1 Å². The van der Waals surface area contributed by atoms with Crippen LogP contribution in [-0.2, 0) is 9.53 Å². The molecule has 1 N–H and O–H groups in total. The van der Waals surface area contributed by atoms with Crippen LogP contribution in [0.5, 0.6) is 17.2 Å². The minimum atomic E-state index is -4.79. The summed E-state index contributed by atoms with van der Waals surface area (Å²) in [5.74, 6) is -1.06. The van der Waals surface area contributed by atoms with Crippen molar-refractivity contribution in [1.29, 1.82) is 0 Å². The van der Waals surface area contributed by atoms with Crippen molar-refractivity contribution in [2.75, 3.05) is 26.1 Å². The van der Waals surface area contributed by atoms with E-state index < -0.39 is 30.6 Å². The molecule has 2 aromatic carbocycles. The van der Waals surface area contributed by atoms with Gasteiger partial charge in [0.2, 0.25) is 0 Å². The topological polar surface area (TPSA) is 83.1 Å². The Morgan fingerprint density at radius 3 is 2.25 bits per heavy atom. The Bertz CT molecular complexity index is 836. The van der Waals surface area contributed by atoms with Gasteiger partial charge in [-0.2, -0.15) is 0 Å². The first-order chi connectivity index (χ1) is 13.2. The van der Waals surface area contributed by atoms with Crippen molar-refractivity contribution in [2.24, 2.45) is 0 Å². The minimum absolute atomic E-state index is 0.222. The molecule has 0 radical (unpaired) electrons. The van der Waals surface area contributed by atoms with E-state index in [-0.39, 0.29) is 22.7 Å². The molecule has 150 valence electrons. The lowest BCUT2D eigenvalue weighted by Crippen LogP contribution is -2.20. The van der Waals surface area contributed by atoms with Crippen LogP contribution in [0.25, 0.3) is 0 Å². The van der Waals surface area contributed by atoms with Gasteiger partial charge in [0.05, 0.1) is 19.8 Å². The standard InChI is InChI=1S/C18H16F3NO6/c1-25-15-9-11(17(24)26-2)3-8-14(15)27-10-16(23)22-12-4-6-13(7-5-12)28-18(19,20)21/h3-9H,10H2,1-2H3,(H,22,23). The summed E-state index contributed by atoms with van der Waals surface area (Å²) >= 11 is 0. The van der Waals surface area contributed by atoms with Crippen molar-refractivity contribution in [2.45, 2.75) is 6.36 Å². The molecule has 0 aliphatic carbocycles. The summed E-state index contributed by atoms with van der Waals surface area (Å²) in [6, 6.07) is 8.94. The molecule has 0 aromatic heterocycles. The summed E-state index contributed by atoms with van der Waals surface area (Å²) < 4.78 is 55.2. The van der Waals surface area contributed by atoms with E-state index in [1.54, 1.807) is 0 Å². The molecule has 0 spiro atoms. The number of amides is 1. The molecule has 0 saturated heterocycles. The van der Waals surface area contributed by atoms with Gasteiger partial charge < -0.3 is 24.3 Å². The molecule has 7 nitrogen and oxygen atoms in total. The van der Waals surface area contributed by atoms with E-state index in [0.29, 0.717) is 0 Å². The molecule has 0 fully saturated rings. The van der Waals surface area contributed by atoms with Gasteiger partial charge in [-0.15, -0.1) is 13.2 Å². The average Bonchev–Trinajstić information content (AvgIpc) is 2.66. The molecule has 0 heterocycles. The first kappa shape index (κ1) is 20.9. The number of carbonyl (C=O) groups is 2. The maximum atomic E-state index is 12.1. The van der Waals surface area contributed by atoms with Gasteiger partial charge >= 0.3 is 12.3 Å². The van der Waals surface area contributed by atoms with Crippen LogP contribution in [0.3, 0.4) is 0 Å². The fraction of sp³-hybridized carbons (Fsp3) is 0.222. The van der Waals surface area contributed by atoms with Crippen LogP contribution in [0.4, 0.5) is 18.9 Å². The van der Waals surface area contributed by atoms with E-state index in [1.165, 1.54) is 44.6 Å². The highest BCUT2D eigenvalue weighted by atomic mass is 19.4. The SMILES string of the molecule is COC(=O)c1ccc(OCC(=O)Nc2ccc(OC(F)(F)F)cc2)c(OC)c1. The molecule has 0 aliphatic heterocycles. The molecule has 0 unspecified atom stereocenters. The van der Waals surface area contributed by atoms with E-state index in [2.05, 4.69) is 14.8 Å². The van der Waals surface area contributed by atoms with Gasteiger partial charge in [0.25, 0.3) is 5.91 Å². The Hall–Kier alpha value is -3.43. The lowest BCUT2D eigenvalue weighted by Gasteiger charge is -2.12. The minimum Gasteiger partial charge on any atom is -0.493 e. The van der Waals surface area contributed by atoms with Gasteiger partial charge in [-0.05, 0) is 42.5 Å². The quantitative estimate of drug-likeness (QED) is 0.719. The summed E-state index contributed by atoms with van der Waals surface area (Å²) in [7, 11) is 2.61. The smallest absolute Gasteiger partial charge is 0.493 e. The number of benzene rings is 2. The van der Waals surface area contributed by atoms with Gasteiger partial charge in [-0.1, -0.05) is 0 Å². The molecule has 0 saturated carbocycles.